The van der Waals surface area contributed by atoms with E-state index in [-0.39, 0.29) is 5.69 Å². The first-order chi connectivity index (χ1) is 16.0. The first kappa shape index (κ1) is 22.6. The number of hydrogen-bond donors (Lipinski definition) is 2. The molecule has 0 bridgehead atoms. The van der Waals surface area contributed by atoms with Crippen molar-refractivity contribution in [2.45, 2.75) is 32.6 Å². The number of para-hydroxylation sites is 2. The predicted molar refractivity (Wildman–Crippen MR) is 133 cm³/mol. The van der Waals surface area contributed by atoms with Gasteiger partial charge in [-0.05, 0) is 42.2 Å². The van der Waals surface area contributed by atoms with Gasteiger partial charge in [0.2, 0.25) is 0 Å². The normalized spacial score (nSPS) is 11.0. The summed E-state index contributed by atoms with van der Waals surface area (Å²) >= 11 is 6.39. The lowest BCUT2D eigenvalue weighted by Gasteiger charge is -2.09. The number of unbranched alkanes of at least 4 members (excludes halogenated alkanes) is 1. The number of halogens is 1. The topological polar surface area (TPSA) is 81.1 Å². The van der Waals surface area contributed by atoms with Gasteiger partial charge in [-0.25, -0.2) is 9.48 Å². The molecule has 0 fully saturated rings. The second-order valence-electron chi connectivity index (χ2n) is 8.01. The van der Waals surface area contributed by atoms with Gasteiger partial charge in [-0.2, -0.15) is 5.10 Å². The average molecular weight is 460 g/mol. The van der Waals surface area contributed by atoms with Crippen LogP contribution in [0.3, 0.4) is 0 Å². The van der Waals surface area contributed by atoms with Crippen molar-refractivity contribution in [2.75, 3.05) is 5.73 Å². The van der Waals surface area contributed by atoms with E-state index in [9.17, 15) is 9.90 Å². The van der Waals surface area contributed by atoms with Crippen molar-refractivity contribution in [1.82, 2.24) is 9.78 Å². The zero-order chi connectivity index (χ0) is 23.4. The average Bonchev–Trinajstić information content (AvgIpc) is 3.17. The minimum absolute atomic E-state index is 0.158. The number of benzene rings is 3. The number of nitrogens with zero attached hydrogens (tertiary/aromatic N) is 2. The van der Waals surface area contributed by atoms with Gasteiger partial charge in [0, 0.05) is 23.2 Å². The van der Waals surface area contributed by atoms with Crippen molar-refractivity contribution >= 4 is 23.3 Å². The number of carboxylic acids is 1. The van der Waals surface area contributed by atoms with E-state index in [4.69, 9.17) is 22.4 Å². The summed E-state index contributed by atoms with van der Waals surface area (Å²) in [5.74, 6) is -1.02. The predicted octanol–water partition coefficient (Wildman–Crippen LogP) is 6.41. The third-order valence-corrected chi connectivity index (χ3v) is 6.04. The van der Waals surface area contributed by atoms with Gasteiger partial charge < -0.3 is 10.8 Å². The Hall–Kier alpha value is -3.57. The molecule has 4 rings (SSSR count). The smallest absolute Gasteiger partial charge is 0.354 e. The molecule has 6 heteroatoms. The van der Waals surface area contributed by atoms with Gasteiger partial charge in [-0.15, -0.1) is 0 Å². The summed E-state index contributed by atoms with van der Waals surface area (Å²) in [4.78, 5) is 12.4. The number of hydrogen-bond acceptors (Lipinski definition) is 3. The number of carboxylic acid groups (broad SMARTS) is 1. The number of anilines is 1. The maximum Gasteiger partial charge on any atom is 0.354 e. The number of aryl methyl sites for hydroxylation is 1. The van der Waals surface area contributed by atoms with Gasteiger partial charge >= 0.3 is 5.97 Å². The number of nitrogen functional groups attached to an aromatic ring is 1. The van der Waals surface area contributed by atoms with E-state index in [0.717, 1.165) is 46.5 Å². The number of aromatic nitrogens is 2. The highest BCUT2D eigenvalue weighted by molar-refractivity contribution is 6.32. The molecule has 3 aromatic carbocycles. The zero-order valence-electron chi connectivity index (χ0n) is 18.5. The maximum absolute atomic E-state index is 12.4. The van der Waals surface area contributed by atoms with Crippen LogP contribution in [0.15, 0.2) is 72.8 Å². The lowest BCUT2D eigenvalue weighted by Crippen LogP contribution is -2.10. The molecule has 33 heavy (non-hydrogen) atoms. The van der Waals surface area contributed by atoms with Crippen molar-refractivity contribution in [3.05, 3.63) is 100 Å². The zero-order valence-corrected chi connectivity index (χ0v) is 19.2. The summed E-state index contributed by atoms with van der Waals surface area (Å²) in [6, 6.07) is 23.0. The third kappa shape index (κ3) is 4.78. The van der Waals surface area contributed by atoms with Crippen LogP contribution >= 0.6 is 11.6 Å². The highest BCUT2D eigenvalue weighted by atomic mass is 35.5. The molecule has 5 nitrogen and oxygen atoms in total. The summed E-state index contributed by atoms with van der Waals surface area (Å²) in [5.41, 5.74) is 12.1. The second kappa shape index (κ2) is 9.92. The quantitative estimate of drug-likeness (QED) is 0.298. The van der Waals surface area contributed by atoms with Gasteiger partial charge in [0.05, 0.1) is 16.4 Å². The molecule has 0 unspecified atom stereocenters. The SMILES string of the molecule is CCCCc1nn(-c2ccccc2Cl)c(C(=O)O)c1Cc1ccc(-c2ccccc2N)cc1. The largest absolute Gasteiger partial charge is 0.476 e. The van der Waals surface area contributed by atoms with Crippen molar-refractivity contribution in [1.29, 1.82) is 0 Å². The fraction of sp³-hybridized carbons (Fsp3) is 0.185. The van der Waals surface area contributed by atoms with Gasteiger partial charge in [0.15, 0.2) is 5.69 Å². The number of aromatic carboxylic acids is 1. The lowest BCUT2D eigenvalue weighted by molar-refractivity contribution is 0.0686. The molecule has 0 saturated heterocycles. The number of carbonyl (C=O) groups is 1. The Labute approximate surface area is 198 Å². The van der Waals surface area contributed by atoms with Crippen LogP contribution in [0, 0.1) is 0 Å². The molecule has 0 radical (unpaired) electrons. The van der Waals surface area contributed by atoms with Crippen molar-refractivity contribution in [3.8, 4) is 16.8 Å². The van der Waals surface area contributed by atoms with Crippen LogP contribution in [0.1, 0.15) is 47.1 Å². The van der Waals surface area contributed by atoms with Gasteiger partial charge in [-0.3, -0.25) is 0 Å². The highest BCUT2D eigenvalue weighted by Gasteiger charge is 2.25. The Morgan fingerprint density at radius 2 is 1.73 bits per heavy atom. The van der Waals surface area contributed by atoms with Gasteiger partial charge in [0.25, 0.3) is 0 Å². The molecule has 0 amide bonds. The minimum atomic E-state index is -1.02. The summed E-state index contributed by atoms with van der Waals surface area (Å²) < 4.78 is 1.48. The molecule has 168 valence electrons. The van der Waals surface area contributed by atoms with Crippen LogP contribution in [0.4, 0.5) is 5.69 Å². The Bertz CT molecular complexity index is 1280. The molecule has 4 aromatic rings. The maximum atomic E-state index is 12.4. The lowest BCUT2D eigenvalue weighted by atomic mass is 9.97. The van der Waals surface area contributed by atoms with Crippen molar-refractivity contribution in [3.63, 3.8) is 0 Å². The Morgan fingerprint density at radius 3 is 2.39 bits per heavy atom. The molecule has 0 spiro atoms. The van der Waals surface area contributed by atoms with E-state index < -0.39 is 5.97 Å². The number of rotatable bonds is 8. The summed E-state index contributed by atoms with van der Waals surface area (Å²) in [5, 5.41) is 15.3. The summed E-state index contributed by atoms with van der Waals surface area (Å²) in [7, 11) is 0. The Kier molecular flexibility index (Phi) is 6.80. The second-order valence-corrected chi connectivity index (χ2v) is 8.41. The van der Waals surface area contributed by atoms with E-state index in [1.54, 1.807) is 12.1 Å². The summed E-state index contributed by atoms with van der Waals surface area (Å²) in [6.45, 7) is 2.11. The van der Waals surface area contributed by atoms with Crippen LogP contribution in [-0.4, -0.2) is 20.9 Å². The molecule has 0 aliphatic heterocycles. The monoisotopic (exact) mass is 459 g/mol. The molecular formula is C27H26ClN3O2. The van der Waals surface area contributed by atoms with E-state index >= 15 is 0 Å². The standard InChI is InChI=1S/C27H26ClN3O2/c1-2-3-11-24-21(26(27(32)33)31(30-24)25-12-7-5-9-22(25)28)17-18-13-15-19(16-14-18)20-8-4-6-10-23(20)29/h4-10,12-16H,2-3,11,17,29H2,1H3,(H,32,33). The van der Waals surface area contributed by atoms with E-state index in [0.29, 0.717) is 23.6 Å². The fourth-order valence-electron chi connectivity index (χ4n) is 4.01. The van der Waals surface area contributed by atoms with Crippen LogP contribution in [-0.2, 0) is 12.8 Å². The third-order valence-electron chi connectivity index (χ3n) is 5.72. The molecule has 0 aliphatic carbocycles. The van der Waals surface area contributed by atoms with Gasteiger partial charge in [0.1, 0.15) is 0 Å². The number of nitrogens with two attached hydrogens (primary N) is 1. The van der Waals surface area contributed by atoms with Crippen molar-refractivity contribution in [2.24, 2.45) is 0 Å². The highest BCUT2D eigenvalue weighted by Crippen LogP contribution is 2.29. The minimum Gasteiger partial charge on any atom is -0.476 e. The van der Waals surface area contributed by atoms with Crippen LogP contribution in [0.25, 0.3) is 16.8 Å². The van der Waals surface area contributed by atoms with E-state index in [1.807, 2.05) is 60.7 Å². The molecule has 0 aliphatic rings. The fourth-order valence-corrected chi connectivity index (χ4v) is 4.23. The Balaban J connectivity index is 1.75. The van der Waals surface area contributed by atoms with Crippen LogP contribution in [0.2, 0.25) is 5.02 Å². The van der Waals surface area contributed by atoms with Gasteiger partial charge in [-0.1, -0.05) is 79.5 Å². The molecule has 1 aromatic heterocycles. The molecule has 1 heterocycles. The Morgan fingerprint density at radius 1 is 1.03 bits per heavy atom. The molecule has 3 N–H and O–H groups in total. The van der Waals surface area contributed by atoms with Crippen molar-refractivity contribution < 1.29 is 9.90 Å². The van der Waals surface area contributed by atoms with Crippen LogP contribution < -0.4 is 5.73 Å². The van der Waals surface area contributed by atoms with Crippen LogP contribution in [0.5, 0.6) is 0 Å². The molecular weight excluding hydrogens is 434 g/mol. The first-order valence-corrected chi connectivity index (χ1v) is 11.4. The summed E-state index contributed by atoms with van der Waals surface area (Å²) in [6.07, 6.45) is 3.10. The molecule has 0 saturated carbocycles. The first-order valence-electron chi connectivity index (χ1n) is 11.0. The van der Waals surface area contributed by atoms with E-state index in [1.165, 1.54) is 4.68 Å². The van der Waals surface area contributed by atoms with E-state index in [2.05, 4.69) is 6.92 Å². The molecule has 0 atom stereocenters.